The average Bonchev–Trinajstić information content (AvgIpc) is 2.45. The van der Waals surface area contributed by atoms with Gasteiger partial charge in [-0.3, -0.25) is 14.6 Å². The number of amides is 2. The lowest BCUT2D eigenvalue weighted by atomic mass is 10.2. The van der Waals surface area contributed by atoms with Crippen LogP contribution in [0.15, 0.2) is 18.3 Å². The van der Waals surface area contributed by atoms with Crippen LogP contribution in [0.5, 0.6) is 0 Å². The molecule has 0 atom stereocenters. The second kappa shape index (κ2) is 8.21. The Hall–Kier alpha value is -2.15. The van der Waals surface area contributed by atoms with Crippen LogP contribution in [0, 0.1) is 0 Å². The number of hydrogen-bond donors (Lipinski definition) is 1. The standard InChI is InChI=1S/C14H22N4O3/c1-17(2)14(20)10-18(6-7-21-3)13(19)8-12-5-4-11(15)9-16-12/h4-5,9H,6-8,10,15H2,1-3H3. The summed E-state index contributed by atoms with van der Waals surface area (Å²) in [5, 5.41) is 0. The summed E-state index contributed by atoms with van der Waals surface area (Å²) in [6.07, 6.45) is 1.64. The fourth-order valence-electron chi connectivity index (χ4n) is 1.61. The molecule has 0 aliphatic rings. The van der Waals surface area contributed by atoms with Gasteiger partial charge in [0.15, 0.2) is 0 Å². The van der Waals surface area contributed by atoms with Crippen molar-refractivity contribution in [2.75, 3.05) is 46.6 Å². The molecule has 1 heterocycles. The number of ether oxygens (including phenoxy) is 1. The summed E-state index contributed by atoms with van der Waals surface area (Å²) in [7, 11) is 4.86. The van der Waals surface area contributed by atoms with E-state index in [1.807, 2.05) is 0 Å². The second-order valence-corrected chi connectivity index (χ2v) is 4.86. The number of aromatic nitrogens is 1. The van der Waals surface area contributed by atoms with Crippen molar-refractivity contribution in [3.8, 4) is 0 Å². The van der Waals surface area contributed by atoms with Crippen molar-refractivity contribution in [1.82, 2.24) is 14.8 Å². The van der Waals surface area contributed by atoms with E-state index in [0.717, 1.165) is 0 Å². The maximum absolute atomic E-state index is 12.3. The lowest BCUT2D eigenvalue weighted by Crippen LogP contribution is -2.42. The number of carbonyl (C=O) groups excluding carboxylic acids is 2. The molecule has 7 nitrogen and oxygen atoms in total. The zero-order valence-corrected chi connectivity index (χ0v) is 12.7. The summed E-state index contributed by atoms with van der Waals surface area (Å²) in [4.78, 5) is 31.1. The fraction of sp³-hybridized carbons (Fsp3) is 0.500. The molecule has 1 aromatic heterocycles. The van der Waals surface area contributed by atoms with Gasteiger partial charge in [0.25, 0.3) is 0 Å². The molecule has 0 fully saturated rings. The molecule has 7 heteroatoms. The molecule has 0 aliphatic carbocycles. The first-order chi connectivity index (χ1) is 9.93. The number of carbonyl (C=O) groups is 2. The van der Waals surface area contributed by atoms with Crippen LogP contribution in [0.1, 0.15) is 5.69 Å². The molecule has 0 aromatic carbocycles. The molecule has 0 spiro atoms. The Morgan fingerprint density at radius 1 is 1.29 bits per heavy atom. The minimum absolute atomic E-state index is 0.0319. The number of rotatable bonds is 7. The minimum atomic E-state index is -0.167. The molecule has 0 unspecified atom stereocenters. The van der Waals surface area contributed by atoms with E-state index >= 15 is 0 Å². The third-order valence-electron chi connectivity index (χ3n) is 2.92. The lowest BCUT2D eigenvalue weighted by Gasteiger charge is -2.23. The molecule has 0 saturated heterocycles. The number of likely N-dealkylation sites (N-methyl/N-ethyl adjacent to an activating group) is 1. The summed E-state index contributed by atoms with van der Waals surface area (Å²) in [5.74, 6) is -0.302. The normalized spacial score (nSPS) is 10.2. The third kappa shape index (κ3) is 5.78. The van der Waals surface area contributed by atoms with E-state index < -0.39 is 0 Å². The lowest BCUT2D eigenvalue weighted by molar-refractivity contribution is -0.139. The van der Waals surface area contributed by atoms with Gasteiger partial charge >= 0.3 is 0 Å². The molecular formula is C14H22N4O3. The summed E-state index contributed by atoms with van der Waals surface area (Å²) in [6, 6.07) is 3.40. The van der Waals surface area contributed by atoms with Crippen molar-refractivity contribution >= 4 is 17.5 Å². The van der Waals surface area contributed by atoms with Gasteiger partial charge in [0.05, 0.1) is 31.5 Å². The van der Waals surface area contributed by atoms with Crippen LogP contribution in [0.4, 0.5) is 5.69 Å². The quantitative estimate of drug-likeness (QED) is 0.750. The van der Waals surface area contributed by atoms with Gasteiger partial charge in [-0.2, -0.15) is 0 Å². The van der Waals surface area contributed by atoms with Crippen LogP contribution in [0.3, 0.4) is 0 Å². The Morgan fingerprint density at radius 3 is 2.52 bits per heavy atom. The Labute approximate surface area is 124 Å². The number of nitrogen functional groups attached to an aromatic ring is 1. The van der Waals surface area contributed by atoms with Crippen molar-refractivity contribution in [2.24, 2.45) is 0 Å². The maximum atomic E-state index is 12.3. The third-order valence-corrected chi connectivity index (χ3v) is 2.92. The molecular weight excluding hydrogens is 272 g/mol. The van der Waals surface area contributed by atoms with Crippen LogP contribution < -0.4 is 5.73 Å². The van der Waals surface area contributed by atoms with Crippen molar-refractivity contribution < 1.29 is 14.3 Å². The van der Waals surface area contributed by atoms with Gasteiger partial charge in [0, 0.05) is 33.4 Å². The number of hydrogen-bond acceptors (Lipinski definition) is 5. The summed E-state index contributed by atoms with van der Waals surface area (Å²) >= 11 is 0. The van der Waals surface area contributed by atoms with Gasteiger partial charge < -0.3 is 20.3 Å². The monoisotopic (exact) mass is 294 g/mol. The summed E-state index contributed by atoms with van der Waals surface area (Å²) in [6.45, 7) is 0.773. The molecule has 0 radical (unpaired) electrons. The summed E-state index contributed by atoms with van der Waals surface area (Å²) < 4.78 is 4.98. The highest BCUT2D eigenvalue weighted by Gasteiger charge is 2.18. The van der Waals surface area contributed by atoms with E-state index in [9.17, 15) is 9.59 Å². The number of anilines is 1. The molecule has 2 N–H and O–H groups in total. The smallest absolute Gasteiger partial charge is 0.241 e. The van der Waals surface area contributed by atoms with Gasteiger partial charge in [-0.1, -0.05) is 0 Å². The topological polar surface area (TPSA) is 88.8 Å². The first kappa shape index (κ1) is 16.9. The van der Waals surface area contributed by atoms with Crippen LogP contribution in [0.25, 0.3) is 0 Å². The van der Waals surface area contributed by atoms with E-state index in [-0.39, 0.29) is 24.8 Å². The van der Waals surface area contributed by atoms with Gasteiger partial charge in [-0.05, 0) is 12.1 Å². The molecule has 0 bridgehead atoms. The highest BCUT2D eigenvalue weighted by molar-refractivity contribution is 5.85. The fourth-order valence-corrected chi connectivity index (χ4v) is 1.61. The van der Waals surface area contributed by atoms with Gasteiger partial charge in [0.2, 0.25) is 11.8 Å². The number of nitrogens with zero attached hydrogens (tertiary/aromatic N) is 3. The molecule has 0 aliphatic heterocycles. The van der Waals surface area contributed by atoms with Gasteiger partial charge in [-0.25, -0.2) is 0 Å². The van der Waals surface area contributed by atoms with E-state index in [2.05, 4.69) is 4.98 Å². The van der Waals surface area contributed by atoms with E-state index in [0.29, 0.717) is 24.5 Å². The molecule has 0 saturated carbocycles. The zero-order valence-electron chi connectivity index (χ0n) is 12.7. The van der Waals surface area contributed by atoms with Crippen molar-refractivity contribution in [2.45, 2.75) is 6.42 Å². The van der Waals surface area contributed by atoms with Crippen molar-refractivity contribution in [1.29, 1.82) is 0 Å². The van der Waals surface area contributed by atoms with E-state index in [1.165, 1.54) is 16.0 Å². The SMILES string of the molecule is COCCN(CC(=O)N(C)C)C(=O)Cc1ccc(N)cn1. The van der Waals surface area contributed by atoms with Crippen molar-refractivity contribution in [3.05, 3.63) is 24.0 Å². The molecule has 2 amide bonds. The first-order valence-electron chi connectivity index (χ1n) is 6.61. The van der Waals surface area contributed by atoms with E-state index in [1.54, 1.807) is 33.3 Å². The van der Waals surface area contributed by atoms with Crippen LogP contribution >= 0.6 is 0 Å². The highest BCUT2D eigenvalue weighted by atomic mass is 16.5. The number of pyridine rings is 1. The van der Waals surface area contributed by atoms with Gasteiger partial charge in [-0.15, -0.1) is 0 Å². The highest BCUT2D eigenvalue weighted by Crippen LogP contribution is 2.04. The molecule has 1 rings (SSSR count). The number of nitrogens with two attached hydrogens (primary N) is 1. The van der Waals surface area contributed by atoms with Crippen LogP contribution in [-0.4, -0.2) is 67.5 Å². The molecule has 1 aromatic rings. The van der Waals surface area contributed by atoms with E-state index in [4.69, 9.17) is 10.5 Å². The second-order valence-electron chi connectivity index (χ2n) is 4.86. The Morgan fingerprint density at radius 2 is 2.00 bits per heavy atom. The average molecular weight is 294 g/mol. The zero-order chi connectivity index (χ0) is 15.8. The number of methoxy groups -OCH3 is 1. The minimum Gasteiger partial charge on any atom is -0.397 e. The van der Waals surface area contributed by atoms with Crippen LogP contribution in [-0.2, 0) is 20.7 Å². The van der Waals surface area contributed by atoms with Crippen LogP contribution in [0.2, 0.25) is 0 Å². The summed E-state index contributed by atoms with van der Waals surface area (Å²) in [5.41, 5.74) is 6.72. The largest absolute Gasteiger partial charge is 0.397 e. The molecule has 116 valence electrons. The Bertz CT molecular complexity index is 474. The Kier molecular flexibility index (Phi) is 6.61. The maximum Gasteiger partial charge on any atom is 0.241 e. The predicted molar refractivity (Wildman–Crippen MR) is 79.5 cm³/mol. The predicted octanol–water partition coefficient (Wildman–Crippen LogP) is -0.230. The molecule has 21 heavy (non-hydrogen) atoms. The first-order valence-corrected chi connectivity index (χ1v) is 6.61. The van der Waals surface area contributed by atoms with Gasteiger partial charge in [0.1, 0.15) is 0 Å². The van der Waals surface area contributed by atoms with Crippen molar-refractivity contribution in [3.63, 3.8) is 0 Å². The Balaban J connectivity index is 2.69.